The molecule has 0 atom stereocenters. The van der Waals surface area contributed by atoms with Crippen LogP contribution in [0.15, 0.2) is 84.7 Å². The van der Waals surface area contributed by atoms with Crippen molar-refractivity contribution in [3.8, 4) is 0 Å². The van der Waals surface area contributed by atoms with E-state index in [1.165, 1.54) is 18.2 Å². The van der Waals surface area contributed by atoms with Crippen LogP contribution in [0.1, 0.15) is 23.6 Å². The number of esters is 1. The first-order valence-electron chi connectivity index (χ1n) is 7.62. The van der Waals surface area contributed by atoms with E-state index in [9.17, 15) is 4.79 Å². The van der Waals surface area contributed by atoms with Crippen molar-refractivity contribution in [1.29, 1.82) is 0 Å². The highest BCUT2D eigenvalue weighted by Gasteiger charge is 2.22. The molecule has 0 bridgehead atoms. The highest BCUT2D eigenvalue weighted by Crippen LogP contribution is 2.31. The molecule has 2 aromatic carbocycles. The molecular formula is C20H19NO2. The van der Waals surface area contributed by atoms with E-state index in [2.05, 4.69) is 29.2 Å². The molecule has 0 radical (unpaired) electrons. The maximum Gasteiger partial charge on any atom is 0.335 e. The molecule has 3 rings (SSSR count). The van der Waals surface area contributed by atoms with E-state index in [1.807, 2.05) is 54.9 Å². The van der Waals surface area contributed by atoms with Gasteiger partial charge in [-0.1, -0.05) is 66.7 Å². The van der Waals surface area contributed by atoms with Crippen LogP contribution >= 0.6 is 0 Å². The van der Waals surface area contributed by atoms with Crippen LogP contribution in [0.2, 0.25) is 0 Å². The molecule has 1 aliphatic heterocycles. The molecule has 1 heterocycles. The lowest BCUT2D eigenvalue weighted by atomic mass is 9.96. The van der Waals surface area contributed by atoms with E-state index in [0.29, 0.717) is 12.0 Å². The third kappa shape index (κ3) is 3.34. The van der Waals surface area contributed by atoms with Crippen LogP contribution in [0.4, 0.5) is 0 Å². The zero-order valence-corrected chi connectivity index (χ0v) is 13.1. The first kappa shape index (κ1) is 15.1. The molecule has 0 saturated heterocycles. The lowest BCUT2D eigenvalue weighted by Gasteiger charge is -2.31. The number of hydrogen-bond donors (Lipinski definition) is 0. The first-order valence-corrected chi connectivity index (χ1v) is 7.62. The molecule has 2 aromatic rings. The monoisotopic (exact) mass is 305 g/mol. The van der Waals surface area contributed by atoms with Gasteiger partial charge in [0.15, 0.2) is 0 Å². The van der Waals surface area contributed by atoms with Crippen molar-refractivity contribution in [2.75, 3.05) is 7.11 Å². The lowest BCUT2D eigenvalue weighted by molar-refractivity contribution is -0.136. The van der Waals surface area contributed by atoms with Crippen molar-refractivity contribution in [3.63, 3.8) is 0 Å². The second-order valence-corrected chi connectivity index (χ2v) is 5.41. The topological polar surface area (TPSA) is 29.5 Å². The highest BCUT2D eigenvalue weighted by molar-refractivity contribution is 5.88. The average Bonchev–Trinajstić information content (AvgIpc) is 2.63. The number of allylic oxidation sites excluding steroid dienone is 1. The van der Waals surface area contributed by atoms with Crippen molar-refractivity contribution in [2.45, 2.75) is 12.5 Å². The summed E-state index contributed by atoms with van der Waals surface area (Å²) < 4.78 is 4.86. The Hall–Kier alpha value is -2.81. The van der Waals surface area contributed by atoms with Gasteiger partial charge in [-0.3, -0.25) is 0 Å². The minimum Gasteiger partial charge on any atom is -0.466 e. The summed E-state index contributed by atoms with van der Waals surface area (Å²) in [6, 6.07) is 20.6. The van der Waals surface area contributed by atoms with E-state index in [0.717, 1.165) is 0 Å². The molecular weight excluding hydrogens is 286 g/mol. The largest absolute Gasteiger partial charge is 0.466 e. The van der Waals surface area contributed by atoms with Gasteiger partial charge >= 0.3 is 5.97 Å². The molecule has 3 heteroatoms. The minimum absolute atomic E-state index is 0.0219. The fourth-order valence-electron chi connectivity index (χ4n) is 2.81. The zero-order chi connectivity index (χ0) is 16.1. The molecule has 0 aliphatic carbocycles. The number of nitrogens with zero attached hydrogens (tertiary/aromatic N) is 1. The number of methoxy groups -OCH3 is 1. The Balaban J connectivity index is 2.02. The maximum atomic E-state index is 11.9. The Bertz CT molecular complexity index is 680. The number of carbonyl (C=O) groups excluding carboxylic acids is 1. The third-order valence-corrected chi connectivity index (χ3v) is 3.90. The number of benzene rings is 2. The van der Waals surface area contributed by atoms with E-state index < -0.39 is 0 Å². The van der Waals surface area contributed by atoms with Crippen LogP contribution in [0, 0.1) is 0 Å². The zero-order valence-electron chi connectivity index (χ0n) is 13.1. The van der Waals surface area contributed by atoms with Gasteiger partial charge in [-0.05, 0) is 11.1 Å². The molecule has 0 fully saturated rings. The highest BCUT2D eigenvalue weighted by atomic mass is 16.5. The van der Waals surface area contributed by atoms with Crippen LogP contribution in [-0.4, -0.2) is 18.0 Å². The van der Waals surface area contributed by atoms with Gasteiger partial charge in [0.25, 0.3) is 0 Å². The van der Waals surface area contributed by atoms with Gasteiger partial charge in [-0.15, -0.1) is 0 Å². The fourth-order valence-corrected chi connectivity index (χ4v) is 2.81. The lowest BCUT2D eigenvalue weighted by Crippen LogP contribution is -2.23. The molecule has 116 valence electrons. The molecule has 0 N–H and O–H groups in total. The normalized spacial score (nSPS) is 13.8. The summed E-state index contributed by atoms with van der Waals surface area (Å²) in [7, 11) is 1.41. The Morgan fingerprint density at radius 3 is 2.09 bits per heavy atom. The Morgan fingerprint density at radius 1 is 1.00 bits per heavy atom. The summed E-state index contributed by atoms with van der Waals surface area (Å²) in [6.07, 6.45) is 6.50. The summed E-state index contributed by atoms with van der Waals surface area (Å²) in [5.41, 5.74) is 3.00. The summed E-state index contributed by atoms with van der Waals surface area (Å²) in [6.45, 7) is 0. The van der Waals surface area contributed by atoms with Gasteiger partial charge in [0.05, 0.1) is 18.7 Å². The standard InChI is InChI=1S/C20H19NO2/c1-23-20(22)18-13-8-14-21(15-18)19(16-9-4-2-5-10-16)17-11-6-3-7-12-17/h2-12,14-15,19H,13H2,1H3. The van der Waals surface area contributed by atoms with Gasteiger partial charge in [0, 0.05) is 18.8 Å². The quantitative estimate of drug-likeness (QED) is 0.798. The molecule has 0 spiro atoms. The number of rotatable bonds is 4. The van der Waals surface area contributed by atoms with E-state index >= 15 is 0 Å². The summed E-state index contributed by atoms with van der Waals surface area (Å²) in [4.78, 5) is 13.9. The molecule has 0 amide bonds. The Morgan fingerprint density at radius 2 is 1.57 bits per heavy atom. The molecule has 0 saturated carbocycles. The number of hydrogen-bond acceptors (Lipinski definition) is 3. The first-order chi connectivity index (χ1) is 11.3. The van der Waals surface area contributed by atoms with Gasteiger partial charge in [0.1, 0.15) is 0 Å². The van der Waals surface area contributed by atoms with E-state index in [1.54, 1.807) is 0 Å². The van der Waals surface area contributed by atoms with Crippen LogP contribution in [0.25, 0.3) is 0 Å². The number of carbonyl (C=O) groups is 1. The van der Waals surface area contributed by atoms with Crippen LogP contribution < -0.4 is 0 Å². The van der Waals surface area contributed by atoms with Gasteiger partial charge < -0.3 is 9.64 Å². The van der Waals surface area contributed by atoms with Gasteiger partial charge in [-0.25, -0.2) is 4.79 Å². The summed E-state index contributed by atoms with van der Waals surface area (Å²) >= 11 is 0. The maximum absolute atomic E-state index is 11.9. The van der Waals surface area contributed by atoms with Crippen molar-refractivity contribution in [3.05, 3.63) is 95.8 Å². The SMILES string of the molecule is COC(=O)C1=CN(C(c2ccccc2)c2ccccc2)C=CC1. The predicted molar refractivity (Wildman–Crippen MR) is 90.4 cm³/mol. The average molecular weight is 305 g/mol. The Kier molecular flexibility index (Phi) is 4.57. The molecule has 3 nitrogen and oxygen atoms in total. The second kappa shape index (κ2) is 6.97. The van der Waals surface area contributed by atoms with E-state index in [-0.39, 0.29) is 12.0 Å². The van der Waals surface area contributed by atoms with Crippen molar-refractivity contribution in [2.24, 2.45) is 0 Å². The number of ether oxygens (including phenoxy) is 1. The summed E-state index contributed by atoms with van der Waals surface area (Å²) in [5.74, 6) is -0.278. The Labute approximate surface area is 136 Å². The smallest absolute Gasteiger partial charge is 0.335 e. The summed E-state index contributed by atoms with van der Waals surface area (Å²) in [5, 5.41) is 0. The van der Waals surface area contributed by atoms with Crippen LogP contribution in [-0.2, 0) is 9.53 Å². The van der Waals surface area contributed by atoms with E-state index in [4.69, 9.17) is 4.74 Å². The van der Waals surface area contributed by atoms with Crippen molar-refractivity contribution in [1.82, 2.24) is 4.90 Å². The fraction of sp³-hybridized carbons (Fsp3) is 0.150. The predicted octanol–water partition coefficient (Wildman–Crippen LogP) is 4.05. The van der Waals surface area contributed by atoms with Gasteiger partial charge in [0.2, 0.25) is 0 Å². The molecule has 23 heavy (non-hydrogen) atoms. The van der Waals surface area contributed by atoms with Crippen LogP contribution in [0.5, 0.6) is 0 Å². The van der Waals surface area contributed by atoms with Crippen molar-refractivity contribution >= 4 is 5.97 Å². The molecule has 0 aromatic heterocycles. The second-order valence-electron chi connectivity index (χ2n) is 5.41. The minimum atomic E-state index is -0.278. The molecule has 0 unspecified atom stereocenters. The van der Waals surface area contributed by atoms with Crippen LogP contribution in [0.3, 0.4) is 0 Å². The third-order valence-electron chi connectivity index (χ3n) is 3.90. The van der Waals surface area contributed by atoms with Gasteiger partial charge in [-0.2, -0.15) is 0 Å². The van der Waals surface area contributed by atoms with Crippen molar-refractivity contribution < 1.29 is 9.53 Å². The molecule has 1 aliphatic rings.